The average Bonchev–Trinajstić information content (AvgIpc) is 3.21. The zero-order valence-electron chi connectivity index (χ0n) is 42.5. The molecule has 12 aromatic carbocycles. The molecule has 1 aliphatic carbocycles. The van der Waals surface area contributed by atoms with Gasteiger partial charge in [-0.05, 0) is 136 Å². The smallest absolute Gasteiger partial charge is 0.159 e. The highest BCUT2D eigenvalue weighted by Crippen LogP contribution is 2.67. The summed E-state index contributed by atoms with van der Waals surface area (Å²) in [5.41, 5.74) is 21.0. The third-order valence-corrected chi connectivity index (χ3v) is 16.6. The van der Waals surface area contributed by atoms with Crippen molar-refractivity contribution >= 4 is 95.1 Å². The van der Waals surface area contributed by atoms with Crippen molar-refractivity contribution in [2.75, 3.05) is 14.7 Å². The number of ether oxygens (including phenoxy) is 1. The minimum absolute atomic E-state index is 0.719. The van der Waals surface area contributed by atoms with Crippen molar-refractivity contribution in [2.24, 2.45) is 0 Å². The van der Waals surface area contributed by atoms with Gasteiger partial charge in [0, 0.05) is 44.3 Å². The molecule has 0 saturated heterocycles. The zero-order chi connectivity index (χ0) is 51.8. The van der Waals surface area contributed by atoms with Gasteiger partial charge in [-0.15, -0.1) is 0 Å². The molecule has 14 aromatic rings. The lowest BCUT2D eigenvalue weighted by Crippen LogP contribution is -2.37. The number of benzene rings is 12. The molecule has 0 unspecified atom stereocenters. The Labute approximate surface area is 455 Å². The molecule has 6 heteroatoms. The standard InChI is InChI=1S/C73H45N3O3/c1-2-18-46(19-3-1)47-38-40-48(41-39-47)74(64-32-15-26-56-54-24-6-11-34-66(54)78-71(56)64)49-20-14-21-50(44-49)75(65-33-16-27-57-55-25-7-12-35-67(55)79-72(57)65)51-42-43-62-61(45-51)73(58-28-8-4-22-52(58)53-23-5-9-29-59(53)73)60-30-17-37-69-70(60)76(62)63-31-10-13-36-68(63)77-69/h1-45H. The van der Waals surface area contributed by atoms with Crippen LogP contribution in [0.4, 0.5) is 51.2 Å². The highest BCUT2D eigenvalue weighted by atomic mass is 16.5. The van der Waals surface area contributed by atoms with Crippen LogP contribution in [0.15, 0.2) is 282 Å². The van der Waals surface area contributed by atoms with Gasteiger partial charge in [-0.2, -0.15) is 0 Å². The molecule has 3 aliphatic rings. The Bertz CT molecular complexity index is 4760. The molecule has 4 heterocycles. The van der Waals surface area contributed by atoms with E-state index in [1.165, 1.54) is 33.4 Å². The van der Waals surface area contributed by atoms with Gasteiger partial charge in [0.1, 0.15) is 11.2 Å². The van der Waals surface area contributed by atoms with Gasteiger partial charge < -0.3 is 28.3 Å². The average molecular weight is 1010 g/mol. The molecule has 0 fully saturated rings. The van der Waals surface area contributed by atoms with Gasteiger partial charge in [-0.3, -0.25) is 0 Å². The number of para-hydroxylation sites is 7. The molecule has 0 amide bonds. The summed E-state index contributed by atoms with van der Waals surface area (Å²) in [6.45, 7) is 0. The van der Waals surface area contributed by atoms with E-state index in [1.807, 2.05) is 12.1 Å². The molecule has 17 rings (SSSR count). The molecule has 2 aromatic heterocycles. The van der Waals surface area contributed by atoms with E-state index in [0.717, 1.165) is 118 Å². The van der Waals surface area contributed by atoms with Crippen LogP contribution in [0.1, 0.15) is 22.3 Å². The van der Waals surface area contributed by atoms with E-state index in [4.69, 9.17) is 13.6 Å². The lowest BCUT2D eigenvalue weighted by molar-refractivity contribution is 0.473. The van der Waals surface area contributed by atoms with E-state index in [-0.39, 0.29) is 0 Å². The lowest BCUT2D eigenvalue weighted by atomic mass is 9.64. The maximum Gasteiger partial charge on any atom is 0.159 e. The molecule has 79 heavy (non-hydrogen) atoms. The van der Waals surface area contributed by atoms with Gasteiger partial charge >= 0.3 is 0 Å². The normalized spacial score (nSPS) is 13.2. The summed E-state index contributed by atoms with van der Waals surface area (Å²) in [7, 11) is 0. The van der Waals surface area contributed by atoms with E-state index in [1.54, 1.807) is 0 Å². The van der Waals surface area contributed by atoms with Crippen LogP contribution in [0.5, 0.6) is 11.5 Å². The van der Waals surface area contributed by atoms with E-state index >= 15 is 0 Å². The zero-order valence-corrected chi connectivity index (χ0v) is 42.5. The molecular formula is C73H45N3O3. The fourth-order valence-electron chi connectivity index (χ4n) is 13.4. The number of rotatable bonds is 7. The van der Waals surface area contributed by atoms with Gasteiger partial charge in [-0.1, -0.05) is 182 Å². The minimum atomic E-state index is -0.719. The molecule has 1 spiro atoms. The van der Waals surface area contributed by atoms with Gasteiger partial charge in [0.2, 0.25) is 0 Å². The molecule has 6 nitrogen and oxygen atoms in total. The highest BCUT2D eigenvalue weighted by Gasteiger charge is 2.53. The van der Waals surface area contributed by atoms with Gasteiger partial charge in [0.15, 0.2) is 22.7 Å². The van der Waals surface area contributed by atoms with Crippen LogP contribution >= 0.6 is 0 Å². The Kier molecular flexibility index (Phi) is 9.24. The number of hydrogen-bond acceptors (Lipinski definition) is 6. The van der Waals surface area contributed by atoms with Gasteiger partial charge in [0.25, 0.3) is 0 Å². The van der Waals surface area contributed by atoms with Gasteiger partial charge in [0.05, 0.1) is 33.9 Å². The van der Waals surface area contributed by atoms with Crippen molar-refractivity contribution < 1.29 is 13.6 Å². The highest BCUT2D eigenvalue weighted by molar-refractivity contribution is 6.12. The van der Waals surface area contributed by atoms with Crippen molar-refractivity contribution in [2.45, 2.75) is 5.41 Å². The first-order valence-corrected chi connectivity index (χ1v) is 26.9. The van der Waals surface area contributed by atoms with Crippen molar-refractivity contribution in [3.05, 3.63) is 295 Å². The molecule has 0 saturated carbocycles. The fourth-order valence-corrected chi connectivity index (χ4v) is 13.4. The lowest BCUT2D eigenvalue weighted by Gasteiger charge is -2.47. The van der Waals surface area contributed by atoms with Gasteiger partial charge in [-0.25, -0.2) is 0 Å². The van der Waals surface area contributed by atoms with E-state index < -0.39 is 5.41 Å². The third-order valence-electron chi connectivity index (χ3n) is 16.6. The summed E-state index contributed by atoms with van der Waals surface area (Å²) in [6.07, 6.45) is 0. The van der Waals surface area contributed by atoms with E-state index in [0.29, 0.717) is 0 Å². The predicted octanol–water partition coefficient (Wildman–Crippen LogP) is 20.3. The summed E-state index contributed by atoms with van der Waals surface area (Å²) in [5, 5.41) is 4.25. The van der Waals surface area contributed by atoms with Crippen LogP contribution < -0.4 is 19.4 Å². The summed E-state index contributed by atoms with van der Waals surface area (Å²) < 4.78 is 20.7. The Morgan fingerprint density at radius 2 is 0.810 bits per heavy atom. The first kappa shape index (κ1) is 43.7. The van der Waals surface area contributed by atoms with Crippen LogP contribution in [0.25, 0.3) is 66.1 Å². The SMILES string of the molecule is c1ccc(-c2ccc(N(c3cccc(N(c4ccc5c(c4)C4(c6ccccc6-c6ccccc64)c4cccc6c4N5c4ccccc4O6)c4cccc5c4oc4ccccc45)c3)c3cccc4c3oc3ccccc34)cc2)cc1. The van der Waals surface area contributed by atoms with Crippen LogP contribution in [0, 0.1) is 0 Å². The molecule has 2 aliphatic heterocycles. The molecule has 0 N–H and O–H groups in total. The van der Waals surface area contributed by atoms with Crippen molar-refractivity contribution in [1.82, 2.24) is 0 Å². The third kappa shape index (κ3) is 6.22. The molecular weight excluding hydrogens is 967 g/mol. The number of nitrogens with zero attached hydrogens (tertiary/aromatic N) is 3. The van der Waals surface area contributed by atoms with E-state index in [2.05, 4.69) is 276 Å². The maximum absolute atomic E-state index is 7.00. The fraction of sp³-hybridized carbons (Fsp3) is 0.0137. The van der Waals surface area contributed by atoms with Crippen molar-refractivity contribution in [3.63, 3.8) is 0 Å². The van der Waals surface area contributed by atoms with Crippen molar-refractivity contribution in [3.8, 4) is 33.8 Å². The number of furan rings is 2. The number of anilines is 9. The quantitative estimate of drug-likeness (QED) is 0.159. The number of fused-ring (bicyclic) bond motifs is 17. The van der Waals surface area contributed by atoms with Crippen molar-refractivity contribution in [1.29, 1.82) is 0 Å². The second-order valence-electron chi connectivity index (χ2n) is 20.7. The Hall–Kier alpha value is -10.6. The van der Waals surface area contributed by atoms with E-state index in [9.17, 15) is 0 Å². The van der Waals surface area contributed by atoms with Crippen LogP contribution in [-0.4, -0.2) is 0 Å². The summed E-state index contributed by atoms with van der Waals surface area (Å²) in [5.74, 6) is 1.65. The first-order chi connectivity index (χ1) is 39.2. The Morgan fingerprint density at radius 1 is 0.316 bits per heavy atom. The monoisotopic (exact) mass is 1010 g/mol. The predicted molar refractivity (Wildman–Crippen MR) is 321 cm³/mol. The number of hydrogen-bond donors (Lipinski definition) is 0. The minimum Gasteiger partial charge on any atom is -0.454 e. The second kappa shape index (κ2) is 16.7. The van der Waals surface area contributed by atoms with Crippen LogP contribution in [0.2, 0.25) is 0 Å². The Balaban J connectivity index is 0.935. The largest absolute Gasteiger partial charge is 0.454 e. The van der Waals surface area contributed by atoms with Crippen LogP contribution in [0.3, 0.4) is 0 Å². The maximum atomic E-state index is 7.00. The summed E-state index contributed by atoms with van der Waals surface area (Å²) in [6, 6.07) is 98.0. The van der Waals surface area contributed by atoms with Crippen LogP contribution in [-0.2, 0) is 5.41 Å². The summed E-state index contributed by atoms with van der Waals surface area (Å²) in [4.78, 5) is 7.16. The molecule has 0 bridgehead atoms. The molecule has 370 valence electrons. The summed E-state index contributed by atoms with van der Waals surface area (Å²) >= 11 is 0. The topological polar surface area (TPSA) is 45.2 Å². The Morgan fingerprint density at radius 3 is 1.49 bits per heavy atom. The second-order valence-corrected chi connectivity index (χ2v) is 20.7. The first-order valence-electron chi connectivity index (χ1n) is 26.9. The molecule has 0 atom stereocenters. The molecule has 0 radical (unpaired) electrons.